The first-order valence-corrected chi connectivity index (χ1v) is 11.2. The highest BCUT2D eigenvalue weighted by Crippen LogP contribution is 2.29. The van der Waals surface area contributed by atoms with Gasteiger partial charge in [0.05, 0.1) is 53.9 Å². The third-order valence-corrected chi connectivity index (χ3v) is 6.31. The van der Waals surface area contributed by atoms with Crippen LogP contribution >= 0.6 is 0 Å². The Labute approximate surface area is 178 Å². The molecule has 0 atom stereocenters. The number of anilines is 1. The highest BCUT2D eigenvalue weighted by molar-refractivity contribution is 7.93. The molecular weight excluding hydrogens is 422 g/mol. The van der Waals surface area contributed by atoms with Gasteiger partial charge in [-0.1, -0.05) is 0 Å². The molecule has 2 N–H and O–H groups in total. The zero-order chi connectivity index (χ0) is 21.8. The van der Waals surface area contributed by atoms with E-state index < -0.39 is 10.0 Å². The smallest absolute Gasteiger partial charge is 0.254 e. The van der Waals surface area contributed by atoms with E-state index in [0.717, 1.165) is 0 Å². The van der Waals surface area contributed by atoms with E-state index in [0.29, 0.717) is 48.1 Å². The lowest BCUT2D eigenvalue weighted by molar-refractivity contribution is 0.0950. The van der Waals surface area contributed by atoms with Gasteiger partial charge in [0.15, 0.2) is 5.82 Å². The molecule has 1 aliphatic rings. The topological polar surface area (TPSA) is 141 Å². The molecule has 0 aliphatic heterocycles. The van der Waals surface area contributed by atoms with E-state index in [1.165, 1.54) is 35.7 Å². The monoisotopic (exact) mass is 443 g/mol. The summed E-state index contributed by atoms with van der Waals surface area (Å²) in [6.45, 7) is 2.43. The number of rotatable bonds is 9. The molecule has 3 aromatic heterocycles. The van der Waals surface area contributed by atoms with Gasteiger partial charge in [-0.15, -0.1) is 0 Å². The average Bonchev–Trinajstić information content (AvgIpc) is 3.51. The van der Waals surface area contributed by atoms with Crippen molar-refractivity contribution in [3.8, 4) is 11.7 Å². The van der Waals surface area contributed by atoms with Gasteiger partial charge in [0.25, 0.3) is 5.91 Å². The number of carbonyl (C=O) groups is 1. The van der Waals surface area contributed by atoms with Crippen molar-refractivity contribution >= 4 is 21.6 Å². The maximum atomic E-state index is 12.5. The number of nitrogens with zero attached hydrogens (tertiary/aromatic N) is 5. The number of hydrogen-bond acceptors (Lipinski definition) is 8. The summed E-state index contributed by atoms with van der Waals surface area (Å²) in [6.07, 6.45) is 8.80. The van der Waals surface area contributed by atoms with Crippen molar-refractivity contribution in [3.63, 3.8) is 0 Å². The Kier molecular flexibility index (Phi) is 5.80. The molecule has 11 nitrogen and oxygen atoms in total. The first-order chi connectivity index (χ1) is 14.9. The van der Waals surface area contributed by atoms with Crippen LogP contribution in [0.15, 0.2) is 43.1 Å². The molecule has 0 spiro atoms. The predicted octanol–water partition coefficient (Wildman–Crippen LogP) is 1.29. The minimum atomic E-state index is -3.36. The Hall–Kier alpha value is -3.54. The van der Waals surface area contributed by atoms with Crippen LogP contribution in [0, 0.1) is 0 Å². The van der Waals surface area contributed by atoms with Gasteiger partial charge in [-0.3, -0.25) is 19.5 Å². The van der Waals surface area contributed by atoms with Crippen LogP contribution in [0.2, 0.25) is 0 Å². The second-order valence-corrected chi connectivity index (χ2v) is 8.85. The van der Waals surface area contributed by atoms with Crippen LogP contribution in [0.25, 0.3) is 5.82 Å². The van der Waals surface area contributed by atoms with Crippen LogP contribution in [-0.4, -0.2) is 50.9 Å². The van der Waals surface area contributed by atoms with Crippen molar-refractivity contribution in [2.24, 2.45) is 0 Å². The Morgan fingerprint density at radius 2 is 2.13 bits per heavy atom. The molecule has 3 aromatic rings. The lowest BCUT2D eigenvalue weighted by Gasteiger charge is -2.08. The Morgan fingerprint density at radius 3 is 2.90 bits per heavy atom. The Morgan fingerprint density at radius 1 is 1.29 bits per heavy atom. The quantitative estimate of drug-likeness (QED) is 0.504. The van der Waals surface area contributed by atoms with Gasteiger partial charge in [-0.2, -0.15) is 10.1 Å². The summed E-state index contributed by atoms with van der Waals surface area (Å²) >= 11 is 0. The van der Waals surface area contributed by atoms with Gasteiger partial charge >= 0.3 is 0 Å². The van der Waals surface area contributed by atoms with Gasteiger partial charge in [0.2, 0.25) is 15.9 Å². The molecule has 1 fully saturated rings. The number of ether oxygens (including phenoxy) is 1. The molecule has 1 aliphatic carbocycles. The second-order valence-electron chi connectivity index (χ2n) is 6.89. The van der Waals surface area contributed by atoms with Crippen LogP contribution in [0.3, 0.4) is 0 Å². The molecule has 1 amide bonds. The van der Waals surface area contributed by atoms with Crippen molar-refractivity contribution in [1.29, 1.82) is 0 Å². The van der Waals surface area contributed by atoms with E-state index in [9.17, 15) is 13.2 Å². The summed E-state index contributed by atoms with van der Waals surface area (Å²) in [5.74, 6) is 0.429. The number of sulfonamides is 1. The van der Waals surface area contributed by atoms with Crippen molar-refractivity contribution in [2.45, 2.75) is 31.6 Å². The van der Waals surface area contributed by atoms with Crippen LogP contribution in [0.5, 0.6) is 5.88 Å². The van der Waals surface area contributed by atoms with Crippen molar-refractivity contribution in [1.82, 2.24) is 30.0 Å². The molecule has 0 unspecified atom stereocenters. The highest BCUT2D eigenvalue weighted by Gasteiger charge is 2.35. The molecule has 3 heterocycles. The average molecular weight is 443 g/mol. The van der Waals surface area contributed by atoms with E-state index in [1.807, 2.05) is 6.92 Å². The summed E-state index contributed by atoms with van der Waals surface area (Å²) in [6, 6.07) is 3.17. The lowest BCUT2D eigenvalue weighted by Crippen LogP contribution is -2.23. The molecule has 1 saturated carbocycles. The number of hydrogen-bond donors (Lipinski definition) is 2. The van der Waals surface area contributed by atoms with E-state index in [1.54, 1.807) is 12.1 Å². The molecule has 4 rings (SSSR count). The number of nitrogens with one attached hydrogen (secondary N) is 2. The number of aromatic nitrogens is 5. The van der Waals surface area contributed by atoms with Crippen molar-refractivity contribution < 1.29 is 17.9 Å². The maximum Gasteiger partial charge on any atom is 0.254 e. The van der Waals surface area contributed by atoms with Gasteiger partial charge in [0, 0.05) is 12.4 Å². The van der Waals surface area contributed by atoms with Gasteiger partial charge in [0.1, 0.15) is 0 Å². The number of pyridine rings is 1. The van der Waals surface area contributed by atoms with Crippen LogP contribution < -0.4 is 14.8 Å². The molecule has 0 saturated heterocycles. The van der Waals surface area contributed by atoms with Crippen molar-refractivity contribution in [3.05, 3.63) is 54.4 Å². The SMILES string of the molecule is CCOc1cncc(-n2cc(C(=O)NCc3cc(NS(=O)(=O)C4CC4)ccn3)cn2)n1. The molecule has 0 radical (unpaired) electrons. The minimum absolute atomic E-state index is 0.128. The highest BCUT2D eigenvalue weighted by atomic mass is 32.2. The Balaban J connectivity index is 1.38. The fourth-order valence-electron chi connectivity index (χ4n) is 2.77. The summed E-state index contributed by atoms with van der Waals surface area (Å²) < 4.78 is 33.5. The molecule has 0 aromatic carbocycles. The summed E-state index contributed by atoms with van der Waals surface area (Å²) in [7, 11) is -3.36. The van der Waals surface area contributed by atoms with Crippen LogP contribution in [0.1, 0.15) is 35.8 Å². The lowest BCUT2D eigenvalue weighted by atomic mass is 10.3. The van der Waals surface area contributed by atoms with Crippen LogP contribution in [-0.2, 0) is 16.6 Å². The molecule has 162 valence electrons. The fourth-order valence-corrected chi connectivity index (χ4v) is 4.15. The van der Waals surface area contributed by atoms with E-state index in [4.69, 9.17) is 4.74 Å². The van der Waals surface area contributed by atoms with Gasteiger partial charge in [-0.05, 0) is 31.9 Å². The molecule has 31 heavy (non-hydrogen) atoms. The third-order valence-electron chi connectivity index (χ3n) is 4.44. The Bertz CT molecular complexity index is 1190. The number of amides is 1. The van der Waals surface area contributed by atoms with E-state index >= 15 is 0 Å². The largest absolute Gasteiger partial charge is 0.477 e. The van der Waals surface area contributed by atoms with E-state index in [2.05, 4.69) is 30.1 Å². The molecule has 12 heteroatoms. The summed E-state index contributed by atoms with van der Waals surface area (Å²) in [4.78, 5) is 25.0. The van der Waals surface area contributed by atoms with Crippen LogP contribution in [0.4, 0.5) is 5.69 Å². The van der Waals surface area contributed by atoms with E-state index in [-0.39, 0.29) is 17.7 Å². The first kappa shape index (κ1) is 20.7. The maximum absolute atomic E-state index is 12.5. The number of carbonyl (C=O) groups excluding carboxylic acids is 1. The minimum Gasteiger partial charge on any atom is -0.477 e. The second kappa shape index (κ2) is 8.68. The fraction of sp³-hybridized carbons (Fsp3) is 0.316. The van der Waals surface area contributed by atoms with Crippen molar-refractivity contribution in [2.75, 3.05) is 11.3 Å². The van der Waals surface area contributed by atoms with Gasteiger partial charge in [-0.25, -0.2) is 13.1 Å². The zero-order valence-corrected chi connectivity index (χ0v) is 17.5. The van der Waals surface area contributed by atoms with Gasteiger partial charge < -0.3 is 10.1 Å². The third kappa shape index (κ3) is 5.15. The molecular formula is C19H21N7O4S. The first-order valence-electron chi connectivity index (χ1n) is 9.69. The summed E-state index contributed by atoms with van der Waals surface area (Å²) in [5, 5.41) is 6.57. The summed E-state index contributed by atoms with van der Waals surface area (Å²) in [5.41, 5.74) is 1.27. The standard InChI is InChI=1S/C19H21N7O4S/c1-2-30-18-11-20-10-17(24-18)26-12-13(8-23-26)19(27)22-9-15-7-14(5-6-21-15)25-31(28,29)16-3-4-16/h5-8,10-12,16H,2-4,9H2,1H3,(H,21,25)(H,22,27). The zero-order valence-electron chi connectivity index (χ0n) is 16.7. The predicted molar refractivity (Wildman–Crippen MR) is 111 cm³/mol. The molecule has 0 bridgehead atoms. The normalized spacial score (nSPS) is 13.6.